The van der Waals surface area contributed by atoms with Crippen molar-refractivity contribution in [1.82, 2.24) is 5.32 Å². The van der Waals surface area contributed by atoms with Crippen LogP contribution < -0.4 is 5.32 Å². The molecular weight excluding hydrogens is 202 g/mol. The van der Waals surface area contributed by atoms with Crippen LogP contribution in [0.1, 0.15) is 45.4 Å². The number of nitrogens with one attached hydrogen (secondary N) is 1. The smallest absolute Gasteiger partial charge is 0.0281 e. The molecule has 1 fully saturated rings. The van der Waals surface area contributed by atoms with E-state index in [1.54, 1.807) is 0 Å². The van der Waals surface area contributed by atoms with Crippen LogP contribution in [0, 0.1) is 0 Å². The van der Waals surface area contributed by atoms with Gasteiger partial charge in [-0.1, -0.05) is 24.8 Å². The molecule has 0 atom stereocenters. The zero-order valence-corrected chi connectivity index (χ0v) is 11.1. The summed E-state index contributed by atoms with van der Waals surface area (Å²) in [6.07, 6.45) is 10.5. The van der Waals surface area contributed by atoms with E-state index in [4.69, 9.17) is 0 Å². The minimum Gasteiger partial charge on any atom is -0.315 e. The van der Waals surface area contributed by atoms with Gasteiger partial charge in [-0.05, 0) is 39.0 Å². The Morgan fingerprint density at radius 1 is 1.33 bits per heavy atom. The second kappa shape index (κ2) is 6.59. The number of thioether (sulfide) groups is 1. The molecule has 0 bridgehead atoms. The summed E-state index contributed by atoms with van der Waals surface area (Å²) in [5, 5.41) is 3.60. The molecule has 1 rings (SSSR count). The predicted molar refractivity (Wildman–Crippen MR) is 71.6 cm³/mol. The third-order valence-electron chi connectivity index (χ3n) is 3.37. The molecule has 0 aromatic heterocycles. The molecule has 0 aromatic carbocycles. The maximum absolute atomic E-state index is 3.93. The van der Waals surface area contributed by atoms with E-state index in [0.717, 1.165) is 13.0 Å². The summed E-state index contributed by atoms with van der Waals surface area (Å²) in [4.78, 5) is 0. The van der Waals surface area contributed by atoms with Gasteiger partial charge in [-0.15, -0.1) is 6.58 Å². The molecule has 0 amide bonds. The zero-order chi connectivity index (χ0) is 11.1. The normalized spacial score (nSPS) is 20.1. The van der Waals surface area contributed by atoms with Crippen LogP contribution in [0.15, 0.2) is 12.2 Å². The fourth-order valence-electron chi connectivity index (χ4n) is 2.27. The van der Waals surface area contributed by atoms with E-state index in [0.29, 0.717) is 4.75 Å². The van der Waals surface area contributed by atoms with E-state index in [1.165, 1.54) is 44.2 Å². The lowest BCUT2D eigenvalue weighted by Crippen LogP contribution is -2.39. The molecule has 0 radical (unpaired) electrons. The summed E-state index contributed by atoms with van der Waals surface area (Å²) in [5.74, 6) is 0. The first-order valence-electron chi connectivity index (χ1n) is 6.09. The fraction of sp³-hybridized carbons (Fsp3) is 0.846. The van der Waals surface area contributed by atoms with Gasteiger partial charge in [-0.25, -0.2) is 0 Å². The van der Waals surface area contributed by atoms with Crippen LogP contribution >= 0.6 is 11.8 Å². The lowest BCUT2D eigenvalue weighted by atomic mass is 9.88. The van der Waals surface area contributed by atoms with Gasteiger partial charge in [0.25, 0.3) is 0 Å². The monoisotopic (exact) mass is 227 g/mol. The highest BCUT2D eigenvalue weighted by Gasteiger charge is 2.30. The molecular formula is C13H25NS. The standard InChI is InChI=1S/C13H25NS/c1-12(2)7-10-14-11-13(15-3)8-5-4-6-9-13/h14H,1,4-11H2,2-3H3. The molecule has 0 aromatic rings. The van der Waals surface area contributed by atoms with Gasteiger partial charge in [-0.3, -0.25) is 0 Å². The maximum Gasteiger partial charge on any atom is 0.0281 e. The molecule has 0 unspecified atom stereocenters. The van der Waals surface area contributed by atoms with E-state index < -0.39 is 0 Å². The summed E-state index contributed by atoms with van der Waals surface area (Å²) in [6.45, 7) is 8.31. The lowest BCUT2D eigenvalue weighted by Gasteiger charge is -2.36. The first kappa shape index (κ1) is 13.1. The van der Waals surface area contributed by atoms with Gasteiger partial charge in [0.05, 0.1) is 0 Å². The van der Waals surface area contributed by atoms with Crippen molar-refractivity contribution in [3.05, 3.63) is 12.2 Å². The molecule has 1 saturated carbocycles. The number of hydrogen-bond donors (Lipinski definition) is 1. The largest absolute Gasteiger partial charge is 0.315 e. The Morgan fingerprint density at radius 2 is 2.00 bits per heavy atom. The Balaban J connectivity index is 2.23. The molecule has 0 saturated heterocycles. The van der Waals surface area contributed by atoms with Gasteiger partial charge >= 0.3 is 0 Å². The van der Waals surface area contributed by atoms with Gasteiger partial charge in [-0.2, -0.15) is 11.8 Å². The van der Waals surface area contributed by atoms with Crippen LogP contribution in [0.2, 0.25) is 0 Å². The Morgan fingerprint density at radius 3 is 2.53 bits per heavy atom. The molecule has 0 heterocycles. The molecule has 1 nitrogen and oxygen atoms in total. The Kier molecular flexibility index (Phi) is 5.77. The van der Waals surface area contributed by atoms with E-state index in [1.807, 2.05) is 0 Å². The molecule has 0 spiro atoms. The second-order valence-corrected chi connectivity index (χ2v) is 6.11. The van der Waals surface area contributed by atoms with Gasteiger partial charge in [0.1, 0.15) is 0 Å². The Bertz CT molecular complexity index is 195. The zero-order valence-electron chi connectivity index (χ0n) is 10.3. The van der Waals surface area contributed by atoms with Gasteiger partial charge in [0, 0.05) is 11.3 Å². The van der Waals surface area contributed by atoms with Crippen molar-refractivity contribution in [1.29, 1.82) is 0 Å². The average molecular weight is 227 g/mol. The first-order valence-corrected chi connectivity index (χ1v) is 7.31. The Labute approximate surface area is 99.1 Å². The SMILES string of the molecule is C=C(C)CCNCC1(SC)CCCCC1. The van der Waals surface area contributed by atoms with Gasteiger partial charge in [0.2, 0.25) is 0 Å². The predicted octanol–water partition coefficient (Wildman–Crippen LogP) is 3.61. The third kappa shape index (κ3) is 4.60. The molecule has 2 heteroatoms. The Hall–Kier alpha value is 0.0500. The van der Waals surface area contributed by atoms with E-state index in [2.05, 4.69) is 36.8 Å². The van der Waals surface area contributed by atoms with Crippen molar-refractivity contribution in [3.63, 3.8) is 0 Å². The van der Waals surface area contributed by atoms with Crippen molar-refractivity contribution >= 4 is 11.8 Å². The summed E-state index contributed by atoms with van der Waals surface area (Å²) in [7, 11) is 0. The molecule has 1 aliphatic carbocycles. The van der Waals surface area contributed by atoms with E-state index >= 15 is 0 Å². The van der Waals surface area contributed by atoms with E-state index in [-0.39, 0.29) is 0 Å². The van der Waals surface area contributed by atoms with Crippen LogP contribution in [0.4, 0.5) is 0 Å². The molecule has 88 valence electrons. The highest BCUT2D eigenvalue weighted by atomic mass is 32.2. The molecule has 0 aliphatic heterocycles. The van der Waals surface area contributed by atoms with E-state index in [9.17, 15) is 0 Å². The average Bonchev–Trinajstić information content (AvgIpc) is 2.26. The highest BCUT2D eigenvalue weighted by Crippen LogP contribution is 2.37. The molecule has 1 N–H and O–H groups in total. The van der Waals surface area contributed by atoms with Crippen LogP contribution in [-0.2, 0) is 0 Å². The first-order chi connectivity index (χ1) is 7.18. The summed E-state index contributed by atoms with van der Waals surface area (Å²) < 4.78 is 0.535. The minimum absolute atomic E-state index is 0.535. The minimum atomic E-state index is 0.535. The van der Waals surface area contributed by atoms with Crippen LogP contribution in [0.5, 0.6) is 0 Å². The molecule has 1 aliphatic rings. The number of hydrogen-bond acceptors (Lipinski definition) is 2. The van der Waals surface area contributed by atoms with Crippen molar-refractivity contribution < 1.29 is 0 Å². The molecule has 15 heavy (non-hydrogen) atoms. The van der Waals surface area contributed by atoms with Crippen LogP contribution in [0.25, 0.3) is 0 Å². The number of rotatable bonds is 6. The summed E-state index contributed by atoms with van der Waals surface area (Å²) >= 11 is 2.07. The topological polar surface area (TPSA) is 12.0 Å². The van der Waals surface area contributed by atoms with Gasteiger partial charge in [0.15, 0.2) is 0 Å². The fourth-order valence-corrected chi connectivity index (χ4v) is 3.21. The maximum atomic E-state index is 3.93. The third-order valence-corrected chi connectivity index (χ3v) is 4.79. The van der Waals surface area contributed by atoms with Crippen molar-refractivity contribution in [3.8, 4) is 0 Å². The second-order valence-electron chi connectivity index (χ2n) is 4.83. The van der Waals surface area contributed by atoms with Crippen molar-refractivity contribution in [2.24, 2.45) is 0 Å². The highest BCUT2D eigenvalue weighted by molar-refractivity contribution is 8.00. The quantitative estimate of drug-likeness (QED) is 0.549. The summed E-state index contributed by atoms with van der Waals surface area (Å²) in [6, 6.07) is 0. The lowest BCUT2D eigenvalue weighted by molar-refractivity contribution is 0.381. The van der Waals surface area contributed by atoms with Gasteiger partial charge < -0.3 is 5.32 Å². The summed E-state index contributed by atoms with van der Waals surface area (Å²) in [5.41, 5.74) is 1.28. The van der Waals surface area contributed by atoms with Crippen molar-refractivity contribution in [2.45, 2.75) is 50.2 Å². The van der Waals surface area contributed by atoms with Crippen LogP contribution in [0.3, 0.4) is 0 Å². The van der Waals surface area contributed by atoms with Crippen LogP contribution in [-0.4, -0.2) is 24.1 Å². The van der Waals surface area contributed by atoms with Crippen molar-refractivity contribution in [2.75, 3.05) is 19.3 Å².